The lowest BCUT2D eigenvalue weighted by atomic mass is 9.84. The molecule has 98 valence electrons. The van der Waals surface area contributed by atoms with Gasteiger partial charge in [-0.15, -0.1) is 0 Å². The molecule has 2 rings (SSSR count). The molecule has 1 aromatic heterocycles. The highest BCUT2D eigenvalue weighted by atomic mass is 79.9. The average molecular weight is 311 g/mol. The van der Waals surface area contributed by atoms with Crippen molar-refractivity contribution >= 4 is 21.8 Å². The fourth-order valence-corrected chi connectivity index (χ4v) is 2.78. The summed E-state index contributed by atoms with van der Waals surface area (Å²) >= 11 is 3.31. The summed E-state index contributed by atoms with van der Waals surface area (Å²) < 4.78 is 0.888. The van der Waals surface area contributed by atoms with Gasteiger partial charge < -0.3 is 5.32 Å². The van der Waals surface area contributed by atoms with Gasteiger partial charge in [0, 0.05) is 16.7 Å². The highest BCUT2D eigenvalue weighted by molar-refractivity contribution is 9.10. The Morgan fingerprint density at radius 3 is 2.72 bits per heavy atom. The van der Waals surface area contributed by atoms with Crippen molar-refractivity contribution in [2.45, 2.75) is 45.1 Å². The Morgan fingerprint density at radius 2 is 2.11 bits per heavy atom. The Labute approximate surface area is 117 Å². The van der Waals surface area contributed by atoms with Crippen LogP contribution < -0.4 is 5.32 Å². The zero-order valence-electron chi connectivity index (χ0n) is 10.7. The lowest BCUT2D eigenvalue weighted by Gasteiger charge is -2.28. The first kappa shape index (κ1) is 13.5. The molecule has 0 radical (unpaired) electrons. The van der Waals surface area contributed by atoms with Crippen LogP contribution in [0.1, 0.15) is 49.5 Å². The van der Waals surface area contributed by atoms with Crippen LogP contribution in [0.5, 0.6) is 0 Å². The van der Waals surface area contributed by atoms with Crippen LogP contribution in [0.2, 0.25) is 0 Å². The largest absolute Gasteiger partial charge is 0.348 e. The normalized spacial score (nSPS) is 18.3. The highest BCUT2D eigenvalue weighted by Crippen LogP contribution is 2.26. The molecule has 1 fully saturated rings. The van der Waals surface area contributed by atoms with Crippen LogP contribution in [0.15, 0.2) is 22.8 Å². The summed E-state index contributed by atoms with van der Waals surface area (Å²) in [7, 11) is 0. The van der Waals surface area contributed by atoms with Crippen molar-refractivity contribution in [1.29, 1.82) is 0 Å². The second-order valence-electron chi connectivity index (χ2n) is 5.02. The number of rotatable bonds is 3. The van der Waals surface area contributed by atoms with Gasteiger partial charge in [-0.25, -0.2) is 4.98 Å². The van der Waals surface area contributed by atoms with E-state index in [0.29, 0.717) is 11.6 Å². The number of nitrogens with one attached hydrogen (secondary N) is 1. The summed E-state index contributed by atoms with van der Waals surface area (Å²) in [5.41, 5.74) is 0.487. The van der Waals surface area contributed by atoms with E-state index in [0.717, 1.165) is 4.47 Å². The van der Waals surface area contributed by atoms with Gasteiger partial charge in [-0.1, -0.05) is 19.3 Å². The molecule has 0 spiro atoms. The van der Waals surface area contributed by atoms with Crippen molar-refractivity contribution in [3.05, 3.63) is 28.5 Å². The zero-order valence-corrected chi connectivity index (χ0v) is 12.2. The Morgan fingerprint density at radius 1 is 1.39 bits per heavy atom. The van der Waals surface area contributed by atoms with Crippen molar-refractivity contribution < 1.29 is 4.79 Å². The van der Waals surface area contributed by atoms with Crippen LogP contribution in [0, 0.1) is 5.92 Å². The lowest BCUT2D eigenvalue weighted by molar-refractivity contribution is 0.0914. The van der Waals surface area contributed by atoms with Crippen LogP contribution in [0.3, 0.4) is 0 Å². The van der Waals surface area contributed by atoms with E-state index < -0.39 is 0 Å². The lowest BCUT2D eigenvalue weighted by Crippen LogP contribution is -2.39. The maximum Gasteiger partial charge on any atom is 0.270 e. The third kappa shape index (κ3) is 3.55. The molecule has 4 heteroatoms. The first-order valence-electron chi connectivity index (χ1n) is 6.59. The quantitative estimate of drug-likeness (QED) is 0.927. The van der Waals surface area contributed by atoms with Gasteiger partial charge in [0.1, 0.15) is 5.69 Å². The van der Waals surface area contributed by atoms with Crippen LogP contribution in [-0.4, -0.2) is 16.9 Å². The summed E-state index contributed by atoms with van der Waals surface area (Å²) in [6.45, 7) is 2.10. The molecule has 0 aromatic carbocycles. The average Bonchev–Trinajstić information content (AvgIpc) is 2.40. The Balaban J connectivity index is 1.91. The van der Waals surface area contributed by atoms with Crippen molar-refractivity contribution in [2.24, 2.45) is 5.92 Å². The molecule has 0 bridgehead atoms. The minimum Gasteiger partial charge on any atom is -0.348 e. The van der Waals surface area contributed by atoms with Crippen molar-refractivity contribution in [1.82, 2.24) is 10.3 Å². The van der Waals surface area contributed by atoms with E-state index in [1.165, 1.54) is 32.1 Å². The molecule has 1 aliphatic rings. The predicted octanol–water partition coefficient (Wildman–Crippen LogP) is 3.54. The van der Waals surface area contributed by atoms with E-state index in [1.807, 2.05) is 6.07 Å². The van der Waals surface area contributed by atoms with E-state index in [1.54, 1.807) is 12.3 Å². The molecule has 1 aliphatic carbocycles. The third-order valence-electron chi connectivity index (χ3n) is 3.68. The van der Waals surface area contributed by atoms with E-state index in [-0.39, 0.29) is 11.9 Å². The molecular weight excluding hydrogens is 292 g/mol. The monoisotopic (exact) mass is 310 g/mol. The number of aromatic nitrogens is 1. The number of carbonyl (C=O) groups excluding carboxylic acids is 1. The fraction of sp³-hybridized carbons (Fsp3) is 0.571. The minimum absolute atomic E-state index is 0.0689. The third-order valence-corrected chi connectivity index (χ3v) is 4.14. The smallest absolute Gasteiger partial charge is 0.270 e. The number of halogens is 1. The topological polar surface area (TPSA) is 42.0 Å². The van der Waals surface area contributed by atoms with E-state index in [4.69, 9.17) is 0 Å². The Kier molecular flexibility index (Phi) is 4.75. The molecule has 1 saturated carbocycles. The summed E-state index contributed by atoms with van der Waals surface area (Å²) in [6, 6.07) is 3.82. The second kappa shape index (κ2) is 6.32. The van der Waals surface area contributed by atoms with Crippen LogP contribution in [0.25, 0.3) is 0 Å². The zero-order chi connectivity index (χ0) is 13.0. The molecule has 1 N–H and O–H groups in total. The van der Waals surface area contributed by atoms with Crippen molar-refractivity contribution in [3.8, 4) is 0 Å². The molecule has 1 atom stereocenters. The number of hydrogen-bond acceptors (Lipinski definition) is 2. The van der Waals surface area contributed by atoms with Gasteiger partial charge in [0.2, 0.25) is 0 Å². The summed E-state index contributed by atoms with van der Waals surface area (Å²) in [4.78, 5) is 16.1. The number of amides is 1. The Bertz CT molecular complexity index is 399. The Hall–Kier alpha value is -0.900. The SMILES string of the molecule is CC(NC(=O)c1ccc(Br)cn1)C1CCCCC1. The van der Waals surface area contributed by atoms with Gasteiger partial charge in [-0.05, 0) is 53.7 Å². The maximum atomic E-state index is 12.0. The molecule has 1 amide bonds. The fourth-order valence-electron chi connectivity index (χ4n) is 2.54. The van der Waals surface area contributed by atoms with Crippen molar-refractivity contribution in [3.63, 3.8) is 0 Å². The maximum absolute atomic E-state index is 12.0. The van der Waals surface area contributed by atoms with E-state index >= 15 is 0 Å². The molecule has 1 aromatic rings. The standard InChI is InChI=1S/C14H19BrN2O/c1-10(11-5-3-2-4-6-11)17-14(18)13-8-7-12(15)9-16-13/h7-11H,2-6H2,1H3,(H,17,18). The molecular formula is C14H19BrN2O. The first-order valence-corrected chi connectivity index (χ1v) is 7.38. The van der Waals surface area contributed by atoms with Crippen LogP contribution >= 0.6 is 15.9 Å². The second-order valence-corrected chi connectivity index (χ2v) is 5.94. The van der Waals surface area contributed by atoms with Crippen molar-refractivity contribution in [2.75, 3.05) is 0 Å². The van der Waals surface area contributed by atoms with Gasteiger partial charge in [0.25, 0.3) is 5.91 Å². The minimum atomic E-state index is -0.0689. The van der Waals surface area contributed by atoms with Crippen LogP contribution in [-0.2, 0) is 0 Å². The van der Waals surface area contributed by atoms with Gasteiger partial charge in [-0.3, -0.25) is 4.79 Å². The first-order chi connectivity index (χ1) is 8.66. The summed E-state index contributed by atoms with van der Waals surface area (Å²) in [5, 5.41) is 3.07. The number of nitrogens with zero attached hydrogens (tertiary/aromatic N) is 1. The summed E-state index contributed by atoms with van der Waals surface area (Å²) in [5.74, 6) is 0.554. The van der Waals surface area contributed by atoms with Gasteiger partial charge in [0.15, 0.2) is 0 Å². The van der Waals surface area contributed by atoms with E-state index in [9.17, 15) is 4.79 Å². The van der Waals surface area contributed by atoms with E-state index in [2.05, 4.69) is 33.2 Å². The molecule has 0 saturated heterocycles. The van der Waals surface area contributed by atoms with Gasteiger partial charge in [0.05, 0.1) is 0 Å². The number of pyridine rings is 1. The van der Waals surface area contributed by atoms with Gasteiger partial charge in [-0.2, -0.15) is 0 Å². The molecule has 0 aliphatic heterocycles. The summed E-state index contributed by atoms with van der Waals surface area (Å²) in [6.07, 6.45) is 8.04. The van der Waals surface area contributed by atoms with Crippen LogP contribution in [0.4, 0.5) is 0 Å². The van der Waals surface area contributed by atoms with Gasteiger partial charge >= 0.3 is 0 Å². The molecule has 1 unspecified atom stereocenters. The highest BCUT2D eigenvalue weighted by Gasteiger charge is 2.22. The molecule has 1 heterocycles. The predicted molar refractivity (Wildman–Crippen MR) is 75.4 cm³/mol. The molecule has 18 heavy (non-hydrogen) atoms. The number of carbonyl (C=O) groups is 1. The number of hydrogen-bond donors (Lipinski definition) is 1. The molecule has 3 nitrogen and oxygen atoms in total.